The van der Waals surface area contributed by atoms with Gasteiger partial charge in [-0.15, -0.1) is 0 Å². The number of hydrogen-bond donors (Lipinski definition) is 1. The van der Waals surface area contributed by atoms with Crippen LogP contribution in [0.5, 0.6) is 0 Å². The zero-order valence-corrected chi connectivity index (χ0v) is 11.3. The van der Waals surface area contributed by atoms with Crippen molar-refractivity contribution in [1.82, 2.24) is 5.32 Å². The first-order valence-corrected chi connectivity index (χ1v) is 6.96. The molecule has 2 aliphatic heterocycles. The maximum atomic E-state index is 11.8. The van der Waals surface area contributed by atoms with Crippen molar-refractivity contribution in [3.05, 3.63) is 0 Å². The predicted octanol–water partition coefficient (Wildman–Crippen LogP) is 2.50. The van der Waals surface area contributed by atoms with Crippen LogP contribution in [-0.2, 0) is 9.53 Å². The van der Waals surface area contributed by atoms with E-state index in [0.29, 0.717) is 24.5 Å². The van der Waals surface area contributed by atoms with Crippen LogP contribution >= 0.6 is 0 Å². The Balaban J connectivity index is 2.11. The van der Waals surface area contributed by atoms with Crippen LogP contribution in [0.1, 0.15) is 52.9 Å². The van der Waals surface area contributed by atoms with Gasteiger partial charge in [0.2, 0.25) is 5.91 Å². The third-order valence-electron chi connectivity index (χ3n) is 4.34. The quantitative estimate of drug-likeness (QED) is 0.821. The number of carbonyl (C=O) groups excluding carboxylic acids is 1. The fourth-order valence-corrected chi connectivity index (χ4v) is 3.40. The maximum Gasteiger partial charge on any atom is 0.220 e. The van der Waals surface area contributed by atoms with E-state index in [1.165, 1.54) is 0 Å². The number of amides is 1. The van der Waals surface area contributed by atoms with E-state index in [4.69, 9.17) is 4.74 Å². The molecule has 0 aromatic rings. The molecule has 98 valence electrons. The van der Waals surface area contributed by atoms with E-state index >= 15 is 0 Å². The molecular weight excluding hydrogens is 214 g/mol. The normalized spacial score (nSPS) is 37.8. The number of rotatable bonds is 3. The molecule has 1 N–H and O–H groups in total. The SMILES string of the molecule is CCC1CC2(CCO1)CC(=O)NC2CC(C)C. The Morgan fingerprint density at radius 3 is 2.94 bits per heavy atom. The second-order valence-corrected chi connectivity index (χ2v) is 6.14. The minimum Gasteiger partial charge on any atom is -0.378 e. The van der Waals surface area contributed by atoms with Crippen molar-refractivity contribution in [2.24, 2.45) is 11.3 Å². The van der Waals surface area contributed by atoms with Crippen molar-refractivity contribution in [3.8, 4) is 0 Å². The minimum absolute atomic E-state index is 0.181. The molecule has 2 aliphatic rings. The fourth-order valence-electron chi connectivity index (χ4n) is 3.40. The van der Waals surface area contributed by atoms with Gasteiger partial charge in [0.25, 0.3) is 0 Å². The fraction of sp³-hybridized carbons (Fsp3) is 0.929. The zero-order chi connectivity index (χ0) is 12.5. The number of hydrogen-bond acceptors (Lipinski definition) is 2. The van der Waals surface area contributed by atoms with Crippen LogP contribution in [0, 0.1) is 11.3 Å². The summed E-state index contributed by atoms with van der Waals surface area (Å²) < 4.78 is 5.76. The van der Waals surface area contributed by atoms with E-state index in [2.05, 4.69) is 26.1 Å². The lowest BCUT2D eigenvalue weighted by Crippen LogP contribution is -2.44. The summed E-state index contributed by atoms with van der Waals surface area (Å²) in [6.07, 6.45) is 5.32. The molecule has 0 aromatic carbocycles. The Morgan fingerprint density at radius 2 is 2.29 bits per heavy atom. The molecule has 0 bridgehead atoms. The Kier molecular flexibility index (Phi) is 3.76. The largest absolute Gasteiger partial charge is 0.378 e. The van der Waals surface area contributed by atoms with Crippen LogP contribution in [0.25, 0.3) is 0 Å². The lowest BCUT2D eigenvalue weighted by molar-refractivity contribution is -0.120. The van der Waals surface area contributed by atoms with Gasteiger partial charge in [-0.2, -0.15) is 0 Å². The summed E-state index contributed by atoms with van der Waals surface area (Å²) in [5, 5.41) is 3.20. The van der Waals surface area contributed by atoms with E-state index in [1.54, 1.807) is 0 Å². The van der Waals surface area contributed by atoms with Crippen molar-refractivity contribution < 1.29 is 9.53 Å². The number of carbonyl (C=O) groups is 1. The molecule has 17 heavy (non-hydrogen) atoms. The van der Waals surface area contributed by atoms with Crippen LogP contribution in [0.3, 0.4) is 0 Å². The topological polar surface area (TPSA) is 38.3 Å². The molecule has 0 radical (unpaired) electrons. The highest BCUT2D eigenvalue weighted by atomic mass is 16.5. The first kappa shape index (κ1) is 12.9. The summed E-state index contributed by atoms with van der Waals surface area (Å²) >= 11 is 0. The highest BCUT2D eigenvalue weighted by Crippen LogP contribution is 2.45. The average molecular weight is 239 g/mol. The number of nitrogens with one attached hydrogen (secondary N) is 1. The van der Waals surface area contributed by atoms with E-state index in [1.807, 2.05) is 0 Å². The van der Waals surface area contributed by atoms with Crippen LogP contribution in [0.4, 0.5) is 0 Å². The van der Waals surface area contributed by atoms with Gasteiger partial charge in [-0.05, 0) is 31.6 Å². The van der Waals surface area contributed by atoms with Gasteiger partial charge >= 0.3 is 0 Å². The molecule has 0 aliphatic carbocycles. The molecular formula is C14H25NO2. The monoisotopic (exact) mass is 239 g/mol. The van der Waals surface area contributed by atoms with Crippen LogP contribution in [-0.4, -0.2) is 24.7 Å². The molecule has 3 unspecified atom stereocenters. The molecule has 2 heterocycles. The van der Waals surface area contributed by atoms with Gasteiger partial charge in [0, 0.05) is 24.5 Å². The second kappa shape index (κ2) is 4.97. The summed E-state index contributed by atoms with van der Waals surface area (Å²) in [5.74, 6) is 0.880. The van der Waals surface area contributed by atoms with Gasteiger partial charge in [-0.25, -0.2) is 0 Å². The first-order valence-electron chi connectivity index (χ1n) is 6.96. The van der Waals surface area contributed by atoms with Crippen molar-refractivity contribution >= 4 is 5.91 Å². The van der Waals surface area contributed by atoms with Gasteiger partial charge in [0.1, 0.15) is 0 Å². The van der Waals surface area contributed by atoms with Crippen molar-refractivity contribution in [2.45, 2.75) is 65.0 Å². The highest BCUT2D eigenvalue weighted by molar-refractivity contribution is 5.80. The third kappa shape index (κ3) is 2.65. The molecule has 3 heteroatoms. The molecule has 3 nitrogen and oxygen atoms in total. The van der Waals surface area contributed by atoms with Crippen molar-refractivity contribution in [2.75, 3.05) is 6.61 Å². The molecule has 0 aromatic heterocycles. The van der Waals surface area contributed by atoms with Gasteiger partial charge in [0.05, 0.1) is 6.10 Å². The van der Waals surface area contributed by atoms with Gasteiger partial charge in [-0.1, -0.05) is 20.8 Å². The Morgan fingerprint density at radius 1 is 1.53 bits per heavy atom. The molecule has 1 amide bonds. The molecule has 0 saturated carbocycles. The van der Waals surface area contributed by atoms with Gasteiger partial charge in [0.15, 0.2) is 0 Å². The smallest absolute Gasteiger partial charge is 0.220 e. The Hall–Kier alpha value is -0.570. The second-order valence-electron chi connectivity index (χ2n) is 6.14. The summed E-state index contributed by atoms with van der Waals surface area (Å²) in [7, 11) is 0. The maximum absolute atomic E-state index is 11.8. The van der Waals surface area contributed by atoms with Gasteiger partial charge in [-0.3, -0.25) is 4.79 Å². The van der Waals surface area contributed by atoms with E-state index in [9.17, 15) is 4.79 Å². The summed E-state index contributed by atoms with van der Waals surface area (Å²) in [5.41, 5.74) is 0.181. The molecule has 2 rings (SSSR count). The zero-order valence-electron chi connectivity index (χ0n) is 11.3. The lowest BCUT2D eigenvalue weighted by Gasteiger charge is -2.41. The van der Waals surface area contributed by atoms with E-state index in [0.717, 1.165) is 32.3 Å². The van der Waals surface area contributed by atoms with Crippen molar-refractivity contribution in [1.29, 1.82) is 0 Å². The first-order chi connectivity index (χ1) is 8.05. The standard InChI is InChI=1S/C14H25NO2/c1-4-11-8-14(5-6-17-11)9-13(16)15-12(14)7-10(2)3/h10-12H,4-9H2,1-3H3,(H,15,16). The van der Waals surface area contributed by atoms with E-state index < -0.39 is 0 Å². The number of ether oxygens (including phenoxy) is 1. The molecule has 2 saturated heterocycles. The highest BCUT2D eigenvalue weighted by Gasteiger charge is 2.49. The lowest BCUT2D eigenvalue weighted by atomic mass is 9.69. The molecule has 3 atom stereocenters. The van der Waals surface area contributed by atoms with Crippen LogP contribution < -0.4 is 5.32 Å². The summed E-state index contributed by atoms with van der Waals surface area (Å²) in [6, 6.07) is 0.368. The third-order valence-corrected chi connectivity index (χ3v) is 4.34. The van der Waals surface area contributed by atoms with Gasteiger partial charge < -0.3 is 10.1 Å². The molecule has 1 spiro atoms. The minimum atomic E-state index is 0.181. The average Bonchev–Trinajstić information content (AvgIpc) is 2.54. The Bertz CT molecular complexity index is 290. The van der Waals surface area contributed by atoms with Crippen LogP contribution in [0.2, 0.25) is 0 Å². The molecule has 2 fully saturated rings. The predicted molar refractivity (Wildman–Crippen MR) is 67.7 cm³/mol. The van der Waals surface area contributed by atoms with Crippen LogP contribution in [0.15, 0.2) is 0 Å². The van der Waals surface area contributed by atoms with Crippen molar-refractivity contribution in [3.63, 3.8) is 0 Å². The summed E-state index contributed by atoms with van der Waals surface area (Å²) in [6.45, 7) is 7.46. The Labute approximate surface area is 104 Å². The van der Waals surface area contributed by atoms with E-state index in [-0.39, 0.29) is 11.3 Å². The summed E-state index contributed by atoms with van der Waals surface area (Å²) in [4.78, 5) is 11.8.